The number of nitrogens with zero attached hydrogens (tertiary/aromatic N) is 8. The normalized spacial score (nSPS) is 16.2. The molecule has 6 heterocycles. The van der Waals surface area contributed by atoms with Gasteiger partial charge >= 0.3 is 5.97 Å². The van der Waals surface area contributed by atoms with Crippen LogP contribution in [0, 0.1) is 6.92 Å². The predicted molar refractivity (Wildman–Crippen MR) is 163 cm³/mol. The fourth-order valence-corrected chi connectivity index (χ4v) is 4.87. The van der Waals surface area contributed by atoms with Crippen LogP contribution in [-0.4, -0.2) is 113 Å². The monoisotopic (exact) mass is 571 g/mol. The van der Waals surface area contributed by atoms with Crippen molar-refractivity contribution in [3.63, 3.8) is 0 Å². The molecule has 2 saturated heterocycles. The number of carbonyl (C=O) groups is 2. The molecule has 4 aromatic rings. The Morgan fingerprint density at radius 3 is 1.79 bits per heavy atom. The highest BCUT2D eigenvalue weighted by molar-refractivity contribution is 6.04. The van der Waals surface area contributed by atoms with E-state index in [9.17, 15) is 9.59 Å². The Labute approximate surface area is 245 Å². The topological polar surface area (TPSA) is 122 Å². The van der Waals surface area contributed by atoms with E-state index in [-0.39, 0.29) is 11.5 Å². The number of anilines is 3. The number of carboxylic acids is 1. The number of aromatic nitrogens is 4. The molecule has 2 aliphatic rings. The second-order valence-corrected chi connectivity index (χ2v) is 10.7. The molecular weight excluding hydrogens is 534 g/mol. The molecule has 0 spiro atoms. The summed E-state index contributed by atoms with van der Waals surface area (Å²) in [5.41, 5.74) is 3.31. The van der Waals surface area contributed by atoms with Crippen LogP contribution < -0.4 is 15.1 Å². The smallest absolute Gasteiger partial charge is 0.337 e. The Bertz CT molecular complexity index is 1510. The first-order chi connectivity index (χ1) is 20.2. The van der Waals surface area contributed by atoms with E-state index in [1.807, 2.05) is 48.0 Å². The van der Waals surface area contributed by atoms with Crippen molar-refractivity contribution in [2.75, 3.05) is 81.6 Å². The zero-order chi connectivity index (χ0) is 29.6. The van der Waals surface area contributed by atoms with E-state index in [4.69, 9.17) is 5.11 Å². The van der Waals surface area contributed by atoms with Gasteiger partial charge in [0.25, 0.3) is 5.91 Å². The molecule has 0 atom stereocenters. The van der Waals surface area contributed by atoms with Crippen molar-refractivity contribution in [2.45, 2.75) is 6.92 Å². The van der Waals surface area contributed by atoms with E-state index in [1.165, 1.54) is 6.20 Å². The highest BCUT2D eigenvalue weighted by atomic mass is 16.4. The molecule has 12 heteroatoms. The van der Waals surface area contributed by atoms with E-state index in [0.717, 1.165) is 81.0 Å². The highest BCUT2D eigenvalue weighted by Gasteiger charge is 2.17. The van der Waals surface area contributed by atoms with Crippen molar-refractivity contribution in [1.82, 2.24) is 29.2 Å². The van der Waals surface area contributed by atoms with Crippen LogP contribution in [0.5, 0.6) is 0 Å². The van der Waals surface area contributed by atoms with Gasteiger partial charge in [-0.05, 0) is 57.4 Å². The number of fused-ring (bicyclic) bond motifs is 1. The van der Waals surface area contributed by atoms with Gasteiger partial charge in [0.2, 0.25) is 0 Å². The van der Waals surface area contributed by atoms with Crippen LogP contribution in [0.25, 0.3) is 5.65 Å². The number of aryl methyl sites for hydroxylation is 1. The van der Waals surface area contributed by atoms with Crippen molar-refractivity contribution in [3.8, 4) is 0 Å². The molecule has 0 aromatic carbocycles. The number of hydrogen-bond donors (Lipinski definition) is 2. The number of carboxylic acid groups (broad SMARTS) is 1. The second kappa shape index (κ2) is 13.0. The molecule has 42 heavy (non-hydrogen) atoms. The standard InChI is InChI=1S/C19H22N6O.C11H15N3O2/c1-14-12-25-13-16(4-6-18(25)21-14)22-19(26)15-3-5-17(20-11-15)24-9-7-23(2)8-10-24;1-13-4-6-14(7-5-13)10-3-2-9(8-12-10)11(15)16/h3-6,11-13H,7-10H2,1-2H3,(H,22,26);2-3,8H,4-7H2,1H3,(H,15,16). The molecule has 1 amide bonds. The number of pyridine rings is 3. The largest absolute Gasteiger partial charge is 0.478 e. The summed E-state index contributed by atoms with van der Waals surface area (Å²) >= 11 is 0. The number of likely N-dealkylation sites (N-methyl/N-ethyl adjacent to an activating group) is 2. The molecular formula is C30H37N9O3. The molecule has 2 N–H and O–H groups in total. The van der Waals surface area contributed by atoms with Gasteiger partial charge in [-0.25, -0.2) is 19.7 Å². The summed E-state index contributed by atoms with van der Waals surface area (Å²) in [4.78, 5) is 45.2. The number of aromatic carboxylic acids is 1. The van der Waals surface area contributed by atoms with Gasteiger partial charge in [-0.1, -0.05) is 0 Å². The number of hydrogen-bond acceptors (Lipinski definition) is 9. The maximum atomic E-state index is 12.5. The number of carbonyl (C=O) groups excluding carboxylic acids is 1. The zero-order valence-electron chi connectivity index (χ0n) is 24.3. The third-order valence-corrected chi connectivity index (χ3v) is 7.49. The Balaban J connectivity index is 0.000000189. The summed E-state index contributed by atoms with van der Waals surface area (Å²) in [7, 11) is 4.22. The molecule has 0 saturated carbocycles. The first kappa shape index (κ1) is 29.0. The molecule has 0 bridgehead atoms. The van der Waals surface area contributed by atoms with Crippen molar-refractivity contribution < 1.29 is 14.7 Å². The molecule has 0 radical (unpaired) electrons. The Kier molecular flexibility index (Phi) is 8.94. The lowest BCUT2D eigenvalue weighted by Crippen LogP contribution is -2.44. The minimum atomic E-state index is -0.933. The first-order valence-corrected chi connectivity index (χ1v) is 14.0. The van der Waals surface area contributed by atoms with E-state index < -0.39 is 5.97 Å². The van der Waals surface area contributed by atoms with Crippen LogP contribution in [-0.2, 0) is 0 Å². The molecule has 220 valence electrons. The summed E-state index contributed by atoms with van der Waals surface area (Å²) in [6, 6.07) is 10.9. The summed E-state index contributed by atoms with van der Waals surface area (Å²) in [5, 5.41) is 11.7. The molecule has 12 nitrogen and oxygen atoms in total. The van der Waals surface area contributed by atoms with Gasteiger partial charge < -0.3 is 34.4 Å². The average molecular weight is 572 g/mol. The van der Waals surface area contributed by atoms with Gasteiger partial charge in [0.15, 0.2) is 0 Å². The quantitative estimate of drug-likeness (QED) is 0.370. The lowest BCUT2D eigenvalue weighted by atomic mass is 10.2. The molecule has 0 unspecified atom stereocenters. The zero-order valence-corrected chi connectivity index (χ0v) is 24.3. The SMILES string of the molecule is CN1CCN(c2ccc(C(=O)O)cn2)CC1.Cc1cn2cc(NC(=O)c3ccc(N4CCN(C)CC4)nc3)ccc2n1. The second-order valence-electron chi connectivity index (χ2n) is 10.7. The van der Waals surface area contributed by atoms with Gasteiger partial charge in [-0.2, -0.15) is 0 Å². The van der Waals surface area contributed by atoms with Crippen molar-refractivity contribution in [2.24, 2.45) is 0 Å². The van der Waals surface area contributed by atoms with Crippen molar-refractivity contribution >= 4 is 34.8 Å². The maximum Gasteiger partial charge on any atom is 0.337 e. The molecule has 0 aliphatic carbocycles. The van der Waals surface area contributed by atoms with Gasteiger partial charge in [0, 0.05) is 77.1 Å². The van der Waals surface area contributed by atoms with Crippen LogP contribution in [0.3, 0.4) is 0 Å². The summed E-state index contributed by atoms with van der Waals surface area (Å²) in [6.07, 6.45) is 6.84. The van der Waals surface area contributed by atoms with E-state index >= 15 is 0 Å². The van der Waals surface area contributed by atoms with Crippen molar-refractivity contribution in [3.05, 3.63) is 78.0 Å². The average Bonchev–Trinajstić information content (AvgIpc) is 3.38. The Morgan fingerprint density at radius 2 is 1.29 bits per heavy atom. The van der Waals surface area contributed by atoms with E-state index in [0.29, 0.717) is 5.56 Å². The molecule has 2 fully saturated rings. The fourth-order valence-electron chi connectivity index (χ4n) is 4.87. The number of rotatable bonds is 5. The highest BCUT2D eigenvalue weighted by Crippen LogP contribution is 2.16. The van der Waals surface area contributed by atoms with Crippen molar-refractivity contribution in [1.29, 1.82) is 0 Å². The van der Waals surface area contributed by atoms with E-state index in [1.54, 1.807) is 18.3 Å². The Morgan fingerprint density at radius 1 is 0.738 bits per heavy atom. The fraction of sp³-hybridized carbons (Fsp3) is 0.367. The summed E-state index contributed by atoms with van der Waals surface area (Å²) < 4.78 is 1.90. The maximum absolute atomic E-state index is 12.5. The number of piperazine rings is 2. The molecule has 6 rings (SSSR count). The van der Waals surface area contributed by atoms with Gasteiger partial charge in [0.1, 0.15) is 17.3 Å². The third kappa shape index (κ3) is 7.20. The van der Waals surface area contributed by atoms with Crippen LogP contribution in [0.2, 0.25) is 0 Å². The number of imidazole rings is 1. The summed E-state index contributed by atoms with van der Waals surface area (Å²) in [6.45, 7) is 9.83. The predicted octanol–water partition coefficient (Wildman–Crippen LogP) is 2.57. The third-order valence-electron chi connectivity index (χ3n) is 7.49. The molecule has 2 aliphatic heterocycles. The molecule has 4 aromatic heterocycles. The first-order valence-electron chi connectivity index (χ1n) is 14.0. The van der Waals surface area contributed by atoms with Crippen LogP contribution >= 0.6 is 0 Å². The van der Waals surface area contributed by atoms with Gasteiger partial charge in [-0.3, -0.25) is 4.79 Å². The Hall–Kier alpha value is -4.55. The lowest BCUT2D eigenvalue weighted by Gasteiger charge is -2.33. The number of amides is 1. The number of nitrogens with one attached hydrogen (secondary N) is 1. The van der Waals surface area contributed by atoms with E-state index in [2.05, 4.69) is 54.0 Å². The van der Waals surface area contributed by atoms with Gasteiger partial charge in [0.05, 0.1) is 22.5 Å². The van der Waals surface area contributed by atoms with Crippen LogP contribution in [0.15, 0.2) is 61.2 Å². The minimum absolute atomic E-state index is 0.168. The lowest BCUT2D eigenvalue weighted by molar-refractivity contribution is 0.0696. The minimum Gasteiger partial charge on any atom is -0.478 e. The summed E-state index contributed by atoms with van der Waals surface area (Å²) in [5.74, 6) is 0.680. The van der Waals surface area contributed by atoms with Gasteiger partial charge in [-0.15, -0.1) is 0 Å². The van der Waals surface area contributed by atoms with Crippen LogP contribution in [0.1, 0.15) is 26.4 Å². The van der Waals surface area contributed by atoms with Crippen LogP contribution in [0.4, 0.5) is 17.3 Å².